The molecule has 0 aromatic rings. The summed E-state index contributed by atoms with van der Waals surface area (Å²) in [5.41, 5.74) is 0. The highest BCUT2D eigenvalue weighted by Crippen LogP contribution is 2.07. The lowest BCUT2D eigenvalue weighted by Gasteiger charge is -2.05. The maximum atomic E-state index is 3.85. The molecule has 0 spiro atoms. The van der Waals surface area contributed by atoms with E-state index in [2.05, 4.69) is 30.3 Å². The van der Waals surface area contributed by atoms with Gasteiger partial charge in [0.05, 0.1) is 0 Å². The minimum absolute atomic E-state index is 0.678. The SMILES string of the molecule is C=NCCCCC(C)CN=C. The summed E-state index contributed by atoms with van der Waals surface area (Å²) in [6.45, 7) is 10.9. The third kappa shape index (κ3) is 7.23. The number of aliphatic imine (C=N–C) groups is 2. The highest BCUT2D eigenvalue weighted by Gasteiger charge is 1.98. The van der Waals surface area contributed by atoms with Crippen LogP contribution in [0.5, 0.6) is 0 Å². The largest absolute Gasteiger partial charge is 0.301 e. The summed E-state index contributed by atoms with van der Waals surface area (Å²) in [7, 11) is 0. The van der Waals surface area contributed by atoms with Crippen LogP contribution in [0.2, 0.25) is 0 Å². The molecule has 0 radical (unpaired) electrons. The summed E-state index contributed by atoms with van der Waals surface area (Å²) in [6.07, 6.45) is 3.62. The van der Waals surface area contributed by atoms with Crippen molar-refractivity contribution < 1.29 is 0 Å². The molecule has 0 bridgehead atoms. The van der Waals surface area contributed by atoms with E-state index in [0.717, 1.165) is 19.5 Å². The second kappa shape index (κ2) is 7.45. The van der Waals surface area contributed by atoms with Crippen molar-refractivity contribution >= 4 is 13.4 Å². The van der Waals surface area contributed by atoms with Crippen LogP contribution in [0.1, 0.15) is 26.2 Å². The van der Waals surface area contributed by atoms with Gasteiger partial charge in [-0.05, 0) is 32.2 Å². The summed E-state index contributed by atoms with van der Waals surface area (Å²) < 4.78 is 0. The predicted octanol–water partition coefficient (Wildman–Crippen LogP) is 2.19. The van der Waals surface area contributed by atoms with Gasteiger partial charge in [0.15, 0.2) is 0 Å². The summed E-state index contributed by atoms with van der Waals surface area (Å²) in [5.74, 6) is 0.678. The lowest BCUT2D eigenvalue weighted by atomic mass is 10.0. The van der Waals surface area contributed by atoms with E-state index in [0.29, 0.717) is 5.92 Å². The van der Waals surface area contributed by atoms with E-state index in [1.54, 1.807) is 0 Å². The van der Waals surface area contributed by atoms with Crippen molar-refractivity contribution in [1.29, 1.82) is 0 Å². The molecule has 0 aliphatic carbocycles. The molecule has 0 heterocycles. The number of hydrogen-bond donors (Lipinski definition) is 0. The van der Waals surface area contributed by atoms with Crippen molar-refractivity contribution in [2.45, 2.75) is 26.2 Å². The second-order valence-electron chi connectivity index (χ2n) is 2.95. The topological polar surface area (TPSA) is 24.7 Å². The smallest absolute Gasteiger partial charge is 0.0407 e. The third-order valence-electron chi connectivity index (χ3n) is 1.70. The minimum atomic E-state index is 0.678. The van der Waals surface area contributed by atoms with Crippen LogP contribution < -0.4 is 0 Å². The predicted molar refractivity (Wildman–Crippen MR) is 51.8 cm³/mol. The lowest BCUT2D eigenvalue weighted by Crippen LogP contribution is -1.98. The number of nitrogens with zero attached hydrogens (tertiary/aromatic N) is 2. The van der Waals surface area contributed by atoms with Gasteiger partial charge in [0, 0.05) is 13.1 Å². The maximum absolute atomic E-state index is 3.85. The summed E-state index contributed by atoms with van der Waals surface area (Å²) >= 11 is 0. The molecule has 0 fully saturated rings. The quantitative estimate of drug-likeness (QED) is 0.397. The normalized spacial score (nSPS) is 12.5. The van der Waals surface area contributed by atoms with Gasteiger partial charge in [-0.2, -0.15) is 0 Å². The molecule has 0 saturated carbocycles. The number of unbranched alkanes of at least 4 members (excludes halogenated alkanes) is 1. The Morgan fingerprint density at radius 1 is 1.18 bits per heavy atom. The first-order chi connectivity index (χ1) is 5.31. The van der Waals surface area contributed by atoms with Crippen molar-refractivity contribution in [2.75, 3.05) is 13.1 Å². The molecule has 0 aromatic heterocycles. The number of hydrogen-bond acceptors (Lipinski definition) is 2. The zero-order chi connectivity index (χ0) is 8.53. The second-order valence-corrected chi connectivity index (χ2v) is 2.95. The van der Waals surface area contributed by atoms with Crippen molar-refractivity contribution in [3.05, 3.63) is 0 Å². The standard InChI is InChI=1S/C9H18N2/c1-9(8-11-3)6-4-5-7-10-2/h9H,2-8H2,1H3. The Hall–Kier alpha value is -0.660. The summed E-state index contributed by atoms with van der Waals surface area (Å²) in [4.78, 5) is 7.64. The zero-order valence-corrected chi connectivity index (χ0v) is 7.42. The minimum Gasteiger partial charge on any atom is -0.301 e. The molecule has 0 aliphatic rings. The first-order valence-electron chi connectivity index (χ1n) is 4.16. The van der Waals surface area contributed by atoms with Gasteiger partial charge in [-0.15, -0.1) is 0 Å². The van der Waals surface area contributed by atoms with Crippen LogP contribution in [0.4, 0.5) is 0 Å². The van der Waals surface area contributed by atoms with Crippen molar-refractivity contribution in [1.82, 2.24) is 0 Å². The number of rotatable bonds is 7. The van der Waals surface area contributed by atoms with Crippen LogP contribution in [0.25, 0.3) is 0 Å². The fraction of sp³-hybridized carbons (Fsp3) is 0.778. The van der Waals surface area contributed by atoms with Gasteiger partial charge in [-0.1, -0.05) is 13.3 Å². The summed E-state index contributed by atoms with van der Waals surface area (Å²) in [5, 5.41) is 0. The highest BCUT2D eigenvalue weighted by atomic mass is 14.7. The molecule has 1 unspecified atom stereocenters. The Kier molecular flexibility index (Phi) is 7.00. The van der Waals surface area contributed by atoms with E-state index >= 15 is 0 Å². The fourth-order valence-corrected chi connectivity index (χ4v) is 1.03. The van der Waals surface area contributed by atoms with Crippen LogP contribution in [-0.2, 0) is 0 Å². The van der Waals surface area contributed by atoms with Gasteiger partial charge in [0.25, 0.3) is 0 Å². The van der Waals surface area contributed by atoms with E-state index in [1.807, 2.05) is 0 Å². The van der Waals surface area contributed by atoms with Gasteiger partial charge in [0.2, 0.25) is 0 Å². The van der Waals surface area contributed by atoms with Crippen molar-refractivity contribution in [3.8, 4) is 0 Å². The van der Waals surface area contributed by atoms with E-state index in [4.69, 9.17) is 0 Å². The van der Waals surface area contributed by atoms with Crippen LogP contribution in [0.15, 0.2) is 9.98 Å². The molecule has 2 nitrogen and oxygen atoms in total. The van der Waals surface area contributed by atoms with Gasteiger partial charge in [-0.25, -0.2) is 0 Å². The molecule has 0 aliphatic heterocycles. The third-order valence-corrected chi connectivity index (χ3v) is 1.70. The Bertz CT molecular complexity index is 110. The van der Waals surface area contributed by atoms with Gasteiger partial charge >= 0.3 is 0 Å². The Morgan fingerprint density at radius 2 is 1.91 bits per heavy atom. The van der Waals surface area contributed by atoms with E-state index in [1.165, 1.54) is 12.8 Å². The van der Waals surface area contributed by atoms with Crippen LogP contribution in [0.3, 0.4) is 0 Å². The average Bonchev–Trinajstić information content (AvgIpc) is 1.99. The van der Waals surface area contributed by atoms with Crippen LogP contribution in [0, 0.1) is 5.92 Å². The highest BCUT2D eigenvalue weighted by molar-refractivity contribution is 5.23. The molecule has 1 atom stereocenters. The van der Waals surface area contributed by atoms with Crippen LogP contribution >= 0.6 is 0 Å². The fourth-order valence-electron chi connectivity index (χ4n) is 1.03. The molecular formula is C9H18N2. The molecule has 0 amide bonds. The van der Waals surface area contributed by atoms with Crippen LogP contribution in [-0.4, -0.2) is 26.5 Å². The van der Waals surface area contributed by atoms with Gasteiger partial charge in [-0.3, -0.25) is 0 Å². The van der Waals surface area contributed by atoms with Crippen molar-refractivity contribution in [3.63, 3.8) is 0 Å². The molecule has 0 rings (SSSR count). The Balaban J connectivity index is 3.09. The van der Waals surface area contributed by atoms with E-state index < -0.39 is 0 Å². The zero-order valence-electron chi connectivity index (χ0n) is 7.42. The maximum Gasteiger partial charge on any atom is 0.0407 e. The molecule has 0 saturated heterocycles. The van der Waals surface area contributed by atoms with E-state index in [-0.39, 0.29) is 0 Å². The Morgan fingerprint density at radius 3 is 2.45 bits per heavy atom. The molecule has 64 valence electrons. The summed E-state index contributed by atoms with van der Waals surface area (Å²) in [6, 6.07) is 0. The van der Waals surface area contributed by atoms with Gasteiger partial charge < -0.3 is 9.98 Å². The van der Waals surface area contributed by atoms with Crippen molar-refractivity contribution in [2.24, 2.45) is 15.9 Å². The molecular weight excluding hydrogens is 136 g/mol. The molecule has 0 N–H and O–H groups in total. The molecule has 0 aromatic carbocycles. The first-order valence-corrected chi connectivity index (χ1v) is 4.16. The molecule has 2 heteroatoms. The molecule has 11 heavy (non-hydrogen) atoms. The monoisotopic (exact) mass is 154 g/mol. The average molecular weight is 154 g/mol. The van der Waals surface area contributed by atoms with E-state index in [9.17, 15) is 0 Å². The van der Waals surface area contributed by atoms with Gasteiger partial charge in [0.1, 0.15) is 0 Å². The first kappa shape index (κ1) is 10.3. The lowest BCUT2D eigenvalue weighted by molar-refractivity contribution is 0.512. The Labute approximate surface area is 69.4 Å².